The standard InChI is InChI=1S/C14H15FN2O3S2/c15-10-1-2-13-11(7-10)12(3-5-21-13)16-17-14(18)9-4-6-22(19,20)8-9/h1-2,7,9H,3-6,8H2,(H,17,18)/t9-/m0/s1. The average Bonchev–Trinajstić information content (AvgIpc) is 2.85. The van der Waals surface area contributed by atoms with Crippen LogP contribution in [0.2, 0.25) is 0 Å². The van der Waals surface area contributed by atoms with E-state index < -0.39 is 15.8 Å². The topological polar surface area (TPSA) is 75.6 Å². The molecule has 118 valence electrons. The second-order valence-electron chi connectivity index (χ2n) is 5.37. The van der Waals surface area contributed by atoms with Gasteiger partial charge in [0.25, 0.3) is 0 Å². The lowest BCUT2D eigenvalue weighted by Crippen LogP contribution is -2.29. The van der Waals surface area contributed by atoms with E-state index in [1.165, 1.54) is 12.1 Å². The minimum Gasteiger partial charge on any atom is -0.273 e. The van der Waals surface area contributed by atoms with E-state index in [0.717, 1.165) is 10.6 Å². The molecule has 1 atom stereocenters. The van der Waals surface area contributed by atoms with Gasteiger partial charge in [-0.05, 0) is 24.6 Å². The Morgan fingerprint density at radius 2 is 2.23 bits per heavy atom. The fourth-order valence-corrected chi connectivity index (χ4v) is 5.33. The Hall–Kier alpha value is -1.41. The highest BCUT2D eigenvalue weighted by Crippen LogP contribution is 2.30. The van der Waals surface area contributed by atoms with Crippen LogP contribution in [0.25, 0.3) is 0 Å². The highest BCUT2D eigenvalue weighted by molar-refractivity contribution is 7.99. The van der Waals surface area contributed by atoms with Crippen molar-refractivity contribution in [2.45, 2.75) is 17.7 Å². The number of hydrazone groups is 1. The third-order valence-corrected chi connectivity index (χ3v) is 6.60. The van der Waals surface area contributed by atoms with E-state index in [4.69, 9.17) is 0 Å². The zero-order valence-corrected chi connectivity index (χ0v) is 13.3. The molecule has 0 unspecified atom stereocenters. The van der Waals surface area contributed by atoms with Crippen LogP contribution in [0.3, 0.4) is 0 Å². The maximum Gasteiger partial charge on any atom is 0.244 e. The van der Waals surface area contributed by atoms with Crippen LogP contribution in [0.5, 0.6) is 0 Å². The van der Waals surface area contributed by atoms with Gasteiger partial charge in [0, 0.05) is 22.6 Å². The molecule has 0 aromatic heterocycles. The van der Waals surface area contributed by atoms with Gasteiger partial charge in [0.05, 0.1) is 23.1 Å². The lowest BCUT2D eigenvalue weighted by molar-refractivity contribution is -0.124. The lowest BCUT2D eigenvalue weighted by atomic mass is 10.1. The van der Waals surface area contributed by atoms with Gasteiger partial charge in [-0.1, -0.05) is 0 Å². The number of amides is 1. The number of nitrogens with one attached hydrogen (secondary N) is 1. The minimum atomic E-state index is -3.10. The molecule has 0 radical (unpaired) electrons. The molecule has 0 spiro atoms. The molecule has 1 aromatic rings. The van der Waals surface area contributed by atoms with E-state index in [0.29, 0.717) is 24.1 Å². The van der Waals surface area contributed by atoms with Gasteiger partial charge in [0.1, 0.15) is 5.82 Å². The van der Waals surface area contributed by atoms with E-state index in [9.17, 15) is 17.6 Å². The molecule has 2 aliphatic rings. The van der Waals surface area contributed by atoms with Gasteiger partial charge in [0.15, 0.2) is 9.84 Å². The van der Waals surface area contributed by atoms with Gasteiger partial charge >= 0.3 is 0 Å². The summed E-state index contributed by atoms with van der Waals surface area (Å²) in [5.74, 6) is -0.534. The smallest absolute Gasteiger partial charge is 0.244 e. The molecular weight excluding hydrogens is 327 g/mol. The number of benzene rings is 1. The van der Waals surface area contributed by atoms with Crippen molar-refractivity contribution in [2.75, 3.05) is 17.3 Å². The largest absolute Gasteiger partial charge is 0.273 e. The second-order valence-corrected chi connectivity index (χ2v) is 8.74. The Bertz CT molecular complexity index is 746. The summed E-state index contributed by atoms with van der Waals surface area (Å²) in [5, 5.41) is 4.10. The maximum absolute atomic E-state index is 13.4. The van der Waals surface area contributed by atoms with Crippen molar-refractivity contribution < 1.29 is 17.6 Å². The molecule has 0 bridgehead atoms. The molecule has 1 aromatic carbocycles. The molecule has 5 nitrogen and oxygen atoms in total. The summed E-state index contributed by atoms with van der Waals surface area (Å²) in [5.41, 5.74) is 3.76. The Kier molecular flexibility index (Phi) is 4.22. The van der Waals surface area contributed by atoms with Crippen LogP contribution < -0.4 is 5.43 Å². The van der Waals surface area contributed by atoms with Crippen LogP contribution in [-0.2, 0) is 14.6 Å². The van der Waals surface area contributed by atoms with Crippen LogP contribution in [0, 0.1) is 11.7 Å². The predicted octanol–water partition coefficient (Wildman–Crippen LogP) is 1.58. The van der Waals surface area contributed by atoms with E-state index in [-0.39, 0.29) is 23.2 Å². The number of carbonyl (C=O) groups is 1. The summed E-state index contributed by atoms with van der Waals surface area (Å²) in [6, 6.07) is 4.51. The number of hydrogen-bond acceptors (Lipinski definition) is 5. The van der Waals surface area contributed by atoms with Crippen molar-refractivity contribution in [3.05, 3.63) is 29.6 Å². The summed E-state index contributed by atoms with van der Waals surface area (Å²) in [6.07, 6.45) is 0.963. The summed E-state index contributed by atoms with van der Waals surface area (Å²) >= 11 is 1.62. The molecule has 0 saturated carbocycles. The molecule has 8 heteroatoms. The van der Waals surface area contributed by atoms with Gasteiger partial charge < -0.3 is 0 Å². The molecule has 1 N–H and O–H groups in total. The zero-order valence-electron chi connectivity index (χ0n) is 11.7. The number of nitrogens with zero attached hydrogens (tertiary/aromatic N) is 1. The normalized spacial score (nSPS) is 25.0. The third-order valence-electron chi connectivity index (χ3n) is 3.75. The van der Waals surface area contributed by atoms with Crippen molar-refractivity contribution in [1.82, 2.24) is 5.43 Å². The first kappa shape index (κ1) is 15.5. The molecule has 2 aliphatic heterocycles. The lowest BCUT2D eigenvalue weighted by Gasteiger charge is -2.17. The average molecular weight is 342 g/mol. The highest BCUT2D eigenvalue weighted by atomic mass is 32.2. The summed E-state index contributed by atoms with van der Waals surface area (Å²) < 4.78 is 36.2. The molecule has 1 amide bonds. The quantitative estimate of drug-likeness (QED) is 0.828. The van der Waals surface area contributed by atoms with Crippen LogP contribution in [0.15, 0.2) is 28.2 Å². The van der Waals surface area contributed by atoms with Crippen molar-refractivity contribution >= 4 is 33.2 Å². The van der Waals surface area contributed by atoms with Crippen LogP contribution in [0.1, 0.15) is 18.4 Å². The highest BCUT2D eigenvalue weighted by Gasteiger charge is 2.33. The Morgan fingerprint density at radius 3 is 2.95 bits per heavy atom. The number of thioether (sulfide) groups is 1. The molecule has 2 heterocycles. The summed E-state index contributed by atoms with van der Waals surface area (Å²) in [6.45, 7) is 0. The van der Waals surface area contributed by atoms with Crippen molar-refractivity contribution in [3.8, 4) is 0 Å². The van der Waals surface area contributed by atoms with Crippen LogP contribution in [-0.4, -0.2) is 37.3 Å². The van der Waals surface area contributed by atoms with E-state index in [2.05, 4.69) is 10.5 Å². The second kappa shape index (κ2) is 6.00. The molecule has 0 aliphatic carbocycles. The zero-order chi connectivity index (χ0) is 15.7. The third kappa shape index (κ3) is 3.33. The Labute approximate surface area is 132 Å². The number of carbonyl (C=O) groups excluding carboxylic acids is 1. The van der Waals surface area contributed by atoms with Crippen LogP contribution in [0.4, 0.5) is 4.39 Å². The molecular formula is C14H15FN2O3S2. The SMILES string of the molecule is O=C(NN=C1CCSc2ccc(F)cc21)[C@H]1CCS(=O)(=O)C1. The van der Waals surface area contributed by atoms with E-state index >= 15 is 0 Å². The fraction of sp³-hybridized carbons (Fsp3) is 0.429. The monoisotopic (exact) mass is 342 g/mol. The van der Waals surface area contributed by atoms with Gasteiger partial charge in [-0.2, -0.15) is 5.10 Å². The van der Waals surface area contributed by atoms with Gasteiger partial charge in [-0.25, -0.2) is 18.2 Å². The number of sulfone groups is 1. The molecule has 1 saturated heterocycles. The number of hydrogen-bond donors (Lipinski definition) is 1. The first-order chi connectivity index (χ1) is 10.4. The first-order valence-corrected chi connectivity index (χ1v) is 9.75. The number of halogens is 1. The van der Waals surface area contributed by atoms with E-state index in [1.807, 2.05) is 0 Å². The van der Waals surface area contributed by atoms with Crippen LogP contribution >= 0.6 is 11.8 Å². The molecule has 22 heavy (non-hydrogen) atoms. The molecule has 1 fully saturated rings. The first-order valence-electron chi connectivity index (χ1n) is 6.94. The number of rotatable bonds is 2. The van der Waals surface area contributed by atoms with Crippen molar-refractivity contribution in [2.24, 2.45) is 11.0 Å². The Balaban J connectivity index is 1.74. The Morgan fingerprint density at radius 1 is 1.41 bits per heavy atom. The fourth-order valence-electron chi connectivity index (χ4n) is 2.58. The van der Waals surface area contributed by atoms with Gasteiger partial charge in [-0.15, -0.1) is 11.8 Å². The summed E-state index contributed by atoms with van der Waals surface area (Å²) in [4.78, 5) is 12.9. The molecule has 3 rings (SSSR count). The minimum absolute atomic E-state index is 0.0480. The van der Waals surface area contributed by atoms with Crippen molar-refractivity contribution in [1.29, 1.82) is 0 Å². The van der Waals surface area contributed by atoms with Crippen molar-refractivity contribution in [3.63, 3.8) is 0 Å². The predicted molar refractivity (Wildman–Crippen MR) is 83.2 cm³/mol. The van der Waals surface area contributed by atoms with E-state index in [1.54, 1.807) is 17.8 Å². The maximum atomic E-state index is 13.4. The van der Waals surface area contributed by atoms with Gasteiger partial charge in [-0.3, -0.25) is 4.79 Å². The van der Waals surface area contributed by atoms with Gasteiger partial charge in [0.2, 0.25) is 5.91 Å². The summed E-state index contributed by atoms with van der Waals surface area (Å²) in [7, 11) is -3.10. The number of fused-ring (bicyclic) bond motifs is 1.